The molecule has 4 heteroatoms. The fourth-order valence-corrected chi connectivity index (χ4v) is 1.62. The molecule has 0 saturated carbocycles. The molecule has 1 aromatic rings. The minimum absolute atomic E-state index is 0.0811. The Morgan fingerprint density at radius 2 is 2.25 bits per heavy atom. The normalized spacial score (nSPS) is 12.4. The molecule has 0 aliphatic heterocycles. The highest BCUT2D eigenvalue weighted by Gasteiger charge is 2.05. The number of benzene rings is 1. The third-order valence-electron chi connectivity index (χ3n) is 2.40. The first kappa shape index (κ1) is 13.0. The first-order valence-corrected chi connectivity index (χ1v) is 5.63. The number of rotatable bonds is 5. The maximum atomic E-state index is 10.7. The molecule has 0 spiro atoms. The molecule has 1 rings (SSSR count). The number of carbonyl (C=O) groups is 1. The van der Waals surface area contributed by atoms with Crippen LogP contribution in [0.15, 0.2) is 18.2 Å². The van der Waals surface area contributed by atoms with E-state index in [2.05, 4.69) is 5.32 Å². The van der Waals surface area contributed by atoms with Crippen molar-refractivity contribution in [1.29, 1.82) is 0 Å². The summed E-state index contributed by atoms with van der Waals surface area (Å²) in [6, 6.07) is 6.02. The fourth-order valence-electron chi connectivity index (χ4n) is 1.41. The number of hydrogen-bond donors (Lipinski definition) is 2. The Kier molecular flexibility index (Phi) is 4.77. The molecule has 1 unspecified atom stereocenters. The van der Waals surface area contributed by atoms with Gasteiger partial charge in [0.2, 0.25) is 5.91 Å². The Balaban J connectivity index is 2.48. The molecule has 1 atom stereocenters. The van der Waals surface area contributed by atoms with Crippen LogP contribution in [0.25, 0.3) is 0 Å². The van der Waals surface area contributed by atoms with Crippen LogP contribution >= 0.6 is 11.6 Å². The van der Waals surface area contributed by atoms with Crippen LogP contribution in [0.5, 0.6) is 0 Å². The van der Waals surface area contributed by atoms with Crippen LogP contribution in [0.4, 0.5) is 0 Å². The first-order chi connectivity index (χ1) is 7.49. The van der Waals surface area contributed by atoms with Gasteiger partial charge < -0.3 is 11.1 Å². The van der Waals surface area contributed by atoms with Crippen molar-refractivity contribution in [2.24, 2.45) is 5.73 Å². The lowest BCUT2D eigenvalue weighted by atomic mass is 10.1. The Hall–Kier alpha value is -1.06. The Bertz CT molecular complexity index is 379. The average molecular weight is 241 g/mol. The molecule has 0 heterocycles. The van der Waals surface area contributed by atoms with E-state index in [0.717, 1.165) is 16.1 Å². The molecule has 3 nitrogen and oxygen atoms in total. The van der Waals surface area contributed by atoms with Crippen molar-refractivity contribution >= 4 is 17.5 Å². The summed E-state index contributed by atoms with van der Waals surface area (Å²) in [7, 11) is 0. The molecule has 88 valence electrons. The fraction of sp³-hybridized carbons (Fsp3) is 0.417. The molecule has 1 amide bonds. The summed E-state index contributed by atoms with van der Waals surface area (Å²) in [5.41, 5.74) is 7.28. The van der Waals surface area contributed by atoms with Crippen molar-refractivity contribution in [3.63, 3.8) is 0 Å². The topological polar surface area (TPSA) is 55.1 Å². The second-order valence-electron chi connectivity index (χ2n) is 4.04. The number of carbonyl (C=O) groups excluding carboxylic acids is 1. The molecule has 0 aliphatic rings. The highest BCUT2D eigenvalue weighted by molar-refractivity contribution is 6.31. The van der Waals surface area contributed by atoms with E-state index in [0.29, 0.717) is 13.0 Å². The average Bonchev–Trinajstić information content (AvgIpc) is 2.19. The van der Waals surface area contributed by atoms with E-state index in [4.69, 9.17) is 17.3 Å². The zero-order chi connectivity index (χ0) is 12.1. The van der Waals surface area contributed by atoms with E-state index in [1.807, 2.05) is 32.0 Å². The number of amides is 1. The second kappa shape index (κ2) is 5.87. The van der Waals surface area contributed by atoms with Crippen LogP contribution in [-0.2, 0) is 11.3 Å². The van der Waals surface area contributed by atoms with Crippen molar-refractivity contribution in [3.8, 4) is 0 Å². The smallest absolute Gasteiger partial charge is 0.218 e. The van der Waals surface area contributed by atoms with Gasteiger partial charge in [-0.25, -0.2) is 0 Å². The summed E-state index contributed by atoms with van der Waals surface area (Å²) >= 11 is 6.01. The van der Waals surface area contributed by atoms with Crippen molar-refractivity contribution < 1.29 is 4.79 Å². The van der Waals surface area contributed by atoms with Gasteiger partial charge in [0.1, 0.15) is 0 Å². The number of nitrogens with two attached hydrogens (primary N) is 1. The summed E-state index contributed by atoms with van der Waals surface area (Å²) in [5, 5.41) is 3.98. The zero-order valence-corrected chi connectivity index (χ0v) is 10.3. The van der Waals surface area contributed by atoms with Gasteiger partial charge in [-0.3, -0.25) is 4.79 Å². The summed E-state index contributed by atoms with van der Waals surface area (Å²) in [5.74, 6) is -0.290. The number of primary amides is 1. The summed E-state index contributed by atoms with van der Waals surface area (Å²) < 4.78 is 0. The number of hydrogen-bond acceptors (Lipinski definition) is 2. The number of nitrogens with one attached hydrogen (secondary N) is 1. The van der Waals surface area contributed by atoms with Gasteiger partial charge in [-0.15, -0.1) is 0 Å². The van der Waals surface area contributed by atoms with Crippen molar-refractivity contribution in [2.45, 2.75) is 32.9 Å². The van der Waals surface area contributed by atoms with Gasteiger partial charge in [0, 0.05) is 24.0 Å². The van der Waals surface area contributed by atoms with Gasteiger partial charge in [0.15, 0.2) is 0 Å². The van der Waals surface area contributed by atoms with Crippen LogP contribution in [-0.4, -0.2) is 11.9 Å². The summed E-state index contributed by atoms with van der Waals surface area (Å²) in [4.78, 5) is 10.7. The number of halogens is 1. The van der Waals surface area contributed by atoms with Gasteiger partial charge in [0.25, 0.3) is 0 Å². The van der Waals surface area contributed by atoms with Gasteiger partial charge in [-0.1, -0.05) is 23.7 Å². The van der Waals surface area contributed by atoms with Crippen LogP contribution in [0.2, 0.25) is 5.02 Å². The molecule has 1 aromatic carbocycles. The molecular formula is C12H17ClN2O. The lowest BCUT2D eigenvalue weighted by molar-refractivity contribution is -0.118. The maximum Gasteiger partial charge on any atom is 0.218 e. The third kappa shape index (κ3) is 4.21. The molecule has 0 aliphatic carbocycles. The number of aryl methyl sites for hydroxylation is 1. The van der Waals surface area contributed by atoms with E-state index < -0.39 is 0 Å². The van der Waals surface area contributed by atoms with E-state index in [1.54, 1.807) is 0 Å². The predicted octanol–water partition coefficient (Wildman–Crippen LogP) is 2.00. The summed E-state index contributed by atoms with van der Waals surface area (Å²) in [6.07, 6.45) is 0.347. The van der Waals surface area contributed by atoms with E-state index in [9.17, 15) is 4.79 Å². The molecule has 3 N–H and O–H groups in total. The van der Waals surface area contributed by atoms with Gasteiger partial charge in [0.05, 0.1) is 0 Å². The van der Waals surface area contributed by atoms with E-state index in [1.165, 1.54) is 0 Å². The molecule has 0 saturated heterocycles. The van der Waals surface area contributed by atoms with Crippen molar-refractivity contribution in [1.82, 2.24) is 5.32 Å². The second-order valence-corrected chi connectivity index (χ2v) is 4.44. The lowest BCUT2D eigenvalue weighted by Crippen LogP contribution is -2.30. The quantitative estimate of drug-likeness (QED) is 0.827. The third-order valence-corrected chi connectivity index (χ3v) is 2.81. The molecule has 0 bridgehead atoms. The highest BCUT2D eigenvalue weighted by Crippen LogP contribution is 2.16. The Morgan fingerprint density at radius 1 is 1.56 bits per heavy atom. The standard InChI is InChI=1S/C12H17ClN2O/c1-8-3-4-10(6-11(8)13)7-15-9(2)5-12(14)16/h3-4,6,9,15H,5,7H2,1-2H3,(H2,14,16). The Morgan fingerprint density at radius 3 is 2.81 bits per heavy atom. The first-order valence-electron chi connectivity index (χ1n) is 5.25. The highest BCUT2D eigenvalue weighted by atomic mass is 35.5. The van der Waals surface area contributed by atoms with Crippen LogP contribution in [0, 0.1) is 6.92 Å². The molecule has 0 radical (unpaired) electrons. The van der Waals surface area contributed by atoms with Gasteiger partial charge in [-0.2, -0.15) is 0 Å². The molecular weight excluding hydrogens is 224 g/mol. The predicted molar refractivity (Wildman–Crippen MR) is 66.3 cm³/mol. The Labute approximate surface area is 101 Å². The largest absolute Gasteiger partial charge is 0.370 e. The minimum Gasteiger partial charge on any atom is -0.370 e. The molecule has 16 heavy (non-hydrogen) atoms. The van der Waals surface area contributed by atoms with Crippen LogP contribution in [0.1, 0.15) is 24.5 Å². The molecule has 0 fully saturated rings. The van der Waals surface area contributed by atoms with E-state index in [-0.39, 0.29) is 11.9 Å². The van der Waals surface area contributed by atoms with Gasteiger partial charge in [-0.05, 0) is 31.0 Å². The van der Waals surface area contributed by atoms with Gasteiger partial charge >= 0.3 is 0 Å². The van der Waals surface area contributed by atoms with Crippen molar-refractivity contribution in [2.75, 3.05) is 0 Å². The minimum atomic E-state index is -0.290. The monoisotopic (exact) mass is 240 g/mol. The molecule has 0 aromatic heterocycles. The summed E-state index contributed by atoms with van der Waals surface area (Å²) in [6.45, 7) is 4.59. The lowest BCUT2D eigenvalue weighted by Gasteiger charge is -2.12. The zero-order valence-electron chi connectivity index (χ0n) is 9.59. The van der Waals surface area contributed by atoms with Crippen molar-refractivity contribution in [3.05, 3.63) is 34.3 Å². The van der Waals surface area contributed by atoms with Crippen LogP contribution in [0.3, 0.4) is 0 Å². The van der Waals surface area contributed by atoms with E-state index >= 15 is 0 Å². The van der Waals surface area contributed by atoms with Crippen LogP contribution < -0.4 is 11.1 Å². The maximum absolute atomic E-state index is 10.7. The SMILES string of the molecule is Cc1ccc(CNC(C)CC(N)=O)cc1Cl.